The Kier molecular flexibility index (Phi) is 4.43. The first kappa shape index (κ1) is 15.7. The molecule has 1 fully saturated rings. The van der Waals surface area contributed by atoms with E-state index in [1.807, 2.05) is 24.2 Å². The Labute approximate surface area is 137 Å². The highest BCUT2D eigenvalue weighted by atomic mass is 15.2. The molecule has 2 heterocycles. The van der Waals surface area contributed by atoms with Crippen molar-refractivity contribution in [2.24, 2.45) is 5.73 Å². The van der Waals surface area contributed by atoms with Gasteiger partial charge in [-0.1, -0.05) is 13.0 Å². The van der Waals surface area contributed by atoms with Gasteiger partial charge >= 0.3 is 0 Å². The van der Waals surface area contributed by atoms with Crippen LogP contribution in [0.1, 0.15) is 42.6 Å². The number of nitrogens with zero attached hydrogens (tertiary/aromatic N) is 4. The second-order valence-electron chi connectivity index (χ2n) is 6.31. The normalized spacial score (nSPS) is 20.1. The molecule has 6 heteroatoms. The number of anilines is 2. The van der Waals surface area contributed by atoms with Gasteiger partial charge in [0.05, 0.1) is 17.9 Å². The van der Waals surface area contributed by atoms with E-state index in [9.17, 15) is 0 Å². The average molecular weight is 312 g/mol. The maximum Gasteiger partial charge on any atom is 0.222 e. The van der Waals surface area contributed by atoms with E-state index in [1.165, 1.54) is 5.56 Å². The average Bonchev–Trinajstić information content (AvgIpc) is 2.52. The lowest BCUT2D eigenvalue weighted by atomic mass is 9.78. The molecule has 0 amide bonds. The van der Waals surface area contributed by atoms with Gasteiger partial charge in [-0.2, -0.15) is 4.98 Å². The lowest BCUT2D eigenvalue weighted by molar-refractivity contribution is 0.345. The molecule has 23 heavy (non-hydrogen) atoms. The highest BCUT2D eigenvalue weighted by Gasteiger charge is 2.29. The number of hydrogen-bond donors (Lipinski definition) is 2. The Bertz CT molecular complexity index is 663. The topological polar surface area (TPSA) is 94.0 Å². The third-order valence-corrected chi connectivity index (χ3v) is 4.43. The van der Waals surface area contributed by atoms with Crippen molar-refractivity contribution < 1.29 is 0 Å². The molecule has 0 aromatic carbocycles. The Morgan fingerprint density at radius 3 is 2.65 bits per heavy atom. The minimum absolute atomic E-state index is 0.290. The first-order valence-electron chi connectivity index (χ1n) is 8.10. The number of rotatable bonds is 5. The summed E-state index contributed by atoms with van der Waals surface area (Å²) in [6.45, 7) is 2.81. The monoisotopic (exact) mass is 312 g/mol. The summed E-state index contributed by atoms with van der Waals surface area (Å²) < 4.78 is 0. The van der Waals surface area contributed by atoms with Crippen molar-refractivity contribution in [2.45, 2.75) is 44.7 Å². The molecule has 0 saturated heterocycles. The zero-order valence-corrected chi connectivity index (χ0v) is 13.7. The van der Waals surface area contributed by atoms with Crippen LogP contribution in [0.3, 0.4) is 0 Å². The summed E-state index contributed by atoms with van der Waals surface area (Å²) in [4.78, 5) is 15.3. The minimum atomic E-state index is 0.290. The van der Waals surface area contributed by atoms with E-state index >= 15 is 0 Å². The highest BCUT2D eigenvalue weighted by Crippen LogP contribution is 2.35. The maximum absolute atomic E-state index is 5.88. The first-order valence-corrected chi connectivity index (χ1v) is 8.10. The van der Waals surface area contributed by atoms with Crippen LogP contribution >= 0.6 is 0 Å². The summed E-state index contributed by atoms with van der Waals surface area (Å²) in [7, 11) is 1.99. The van der Waals surface area contributed by atoms with Crippen molar-refractivity contribution in [3.63, 3.8) is 0 Å². The molecule has 0 radical (unpaired) electrons. The second kappa shape index (κ2) is 6.50. The van der Waals surface area contributed by atoms with Crippen LogP contribution < -0.4 is 16.4 Å². The fourth-order valence-electron chi connectivity index (χ4n) is 2.86. The molecule has 3 rings (SSSR count). The predicted octanol–water partition coefficient (Wildman–Crippen LogP) is 1.86. The van der Waals surface area contributed by atoms with Crippen molar-refractivity contribution in [1.82, 2.24) is 15.0 Å². The molecule has 2 aromatic rings. The number of hydrogen-bond acceptors (Lipinski definition) is 6. The molecule has 1 aliphatic rings. The van der Waals surface area contributed by atoms with Gasteiger partial charge in [0.1, 0.15) is 5.82 Å². The quantitative estimate of drug-likeness (QED) is 0.875. The molecule has 4 N–H and O–H groups in total. The Morgan fingerprint density at radius 1 is 1.26 bits per heavy atom. The molecule has 6 nitrogen and oxygen atoms in total. The van der Waals surface area contributed by atoms with Crippen LogP contribution in [0.2, 0.25) is 0 Å². The Balaban J connectivity index is 1.74. The summed E-state index contributed by atoms with van der Waals surface area (Å²) in [5.74, 6) is 1.55. The lowest BCUT2D eigenvalue weighted by Crippen LogP contribution is -2.35. The largest absolute Gasteiger partial charge is 0.368 e. The molecular weight excluding hydrogens is 288 g/mol. The molecule has 0 unspecified atom stereocenters. The highest BCUT2D eigenvalue weighted by molar-refractivity contribution is 5.44. The predicted molar refractivity (Wildman–Crippen MR) is 92.1 cm³/mol. The van der Waals surface area contributed by atoms with Crippen LogP contribution in [0.4, 0.5) is 11.8 Å². The van der Waals surface area contributed by atoms with E-state index in [0.717, 1.165) is 36.5 Å². The third kappa shape index (κ3) is 3.59. The minimum Gasteiger partial charge on any atom is -0.368 e. The van der Waals surface area contributed by atoms with Gasteiger partial charge in [0, 0.05) is 31.3 Å². The van der Waals surface area contributed by atoms with E-state index in [0.29, 0.717) is 24.5 Å². The number of nitrogen functional groups attached to an aromatic ring is 1. The lowest BCUT2D eigenvalue weighted by Gasteiger charge is -2.32. The van der Waals surface area contributed by atoms with Crippen molar-refractivity contribution >= 4 is 11.8 Å². The molecule has 0 aliphatic heterocycles. The molecule has 1 saturated carbocycles. The van der Waals surface area contributed by atoms with Gasteiger partial charge in [-0.15, -0.1) is 0 Å². The third-order valence-electron chi connectivity index (χ3n) is 4.43. The van der Waals surface area contributed by atoms with Gasteiger partial charge in [-0.3, -0.25) is 4.98 Å². The summed E-state index contributed by atoms with van der Waals surface area (Å²) in [6.07, 6.45) is 4.87. The Morgan fingerprint density at radius 2 is 2.04 bits per heavy atom. The molecular formula is C17H24N6. The van der Waals surface area contributed by atoms with Gasteiger partial charge in [-0.25, -0.2) is 4.98 Å². The van der Waals surface area contributed by atoms with Crippen molar-refractivity contribution in [2.75, 3.05) is 17.7 Å². The van der Waals surface area contributed by atoms with Gasteiger partial charge in [0.2, 0.25) is 5.95 Å². The van der Waals surface area contributed by atoms with Crippen LogP contribution in [0.5, 0.6) is 0 Å². The van der Waals surface area contributed by atoms with Crippen molar-refractivity contribution in [3.05, 3.63) is 41.3 Å². The smallest absolute Gasteiger partial charge is 0.222 e. The molecule has 122 valence electrons. The van der Waals surface area contributed by atoms with E-state index in [4.69, 9.17) is 11.5 Å². The van der Waals surface area contributed by atoms with E-state index in [-0.39, 0.29) is 0 Å². The first-order chi connectivity index (χ1) is 11.0. The van der Waals surface area contributed by atoms with Gasteiger partial charge < -0.3 is 16.4 Å². The zero-order chi connectivity index (χ0) is 16.4. The summed E-state index contributed by atoms with van der Waals surface area (Å²) in [6, 6.07) is 6.49. The fraction of sp³-hybridized carbons (Fsp3) is 0.471. The van der Waals surface area contributed by atoms with E-state index < -0.39 is 0 Å². The van der Waals surface area contributed by atoms with Crippen LogP contribution in [-0.2, 0) is 13.0 Å². The Hall–Kier alpha value is -2.21. The molecule has 0 atom stereocenters. The fourth-order valence-corrected chi connectivity index (χ4v) is 2.86. The molecule has 0 spiro atoms. The van der Waals surface area contributed by atoms with E-state index in [1.54, 1.807) is 0 Å². The number of nitrogens with two attached hydrogens (primary N) is 2. The number of aryl methyl sites for hydroxylation is 1. The zero-order valence-electron chi connectivity index (χ0n) is 13.7. The van der Waals surface area contributed by atoms with Gasteiger partial charge in [0.25, 0.3) is 0 Å². The van der Waals surface area contributed by atoms with Crippen LogP contribution in [0, 0.1) is 0 Å². The number of pyridine rings is 1. The standard InChI is InChI=1S/C17H24N6/c1-3-11-4-5-14(20-9-11)10-23(2)16-8-15(21-17(19)22-16)12-6-13(18)7-12/h4-5,8-9,12-13H,3,6-7,10,18H2,1-2H3,(H2,19,21,22). The summed E-state index contributed by atoms with van der Waals surface area (Å²) in [5.41, 5.74) is 15.0. The van der Waals surface area contributed by atoms with Gasteiger partial charge in [0.15, 0.2) is 0 Å². The number of aromatic nitrogens is 3. The summed E-state index contributed by atoms with van der Waals surface area (Å²) >= 11 is 0. The van der Waals surface area contributed by atoms with Crippen LogP contribution in [0.25, 0.3) is 0 Å². The van der Waals surface area contributed by atoms with Crippen molar-refractivity contribution in [3.8, 4) is 0 Å². The van der Waals surface area contributed by atoms with Crippen LogP contribution in [0.15, 0.2) is 24.4 Å². The molecule has 0 bridgehead atoms. The maximum atomic E-state index is 5.88. The second-order valence-corrected chi connectivity index (χ2v) is 6.31. The van der Waals surface area contributed by atoms with Crippen molar-refractivity contribution in [1.29, 1.82) is 0 Å². The summed E-state index contributed by atoms with van der Waals surface area (Å²) in [5, 5.41) is 0. The SMILES string of the molecule is CCc1ccc(CN(C)c2cc(C3CC(N)C3)nc(N)n2)nc1. The van der Waals surface area contributed by atoms with E-state index in [2.05, 4.69) is 34.0 Å². The molecule has 2 aromatic heterocycles. The van der Waals surface area contributed by atoms with Crippen LogP contribution in [-0.4, -0.2) is 28.0 Å². The molecule has 1 aliphatic carbocycles. The van der Waals surface area contributed by atoms with Gasteiger partial charge in [-0.05, 0) is 30.9 Å².